The van der Waals surface area contributed by atoms with Crippen molar-refractivity contribution in [3.05, 3.63) is 64.1 Å². The average Bonchev–Trinajstić information content (AvgIpc) is 2.65. The number of nitrogens with zero attached hydrogens (tertiary/aromatic N) is 2. The molecule has 2 aliphatic rings. The zero-order chi connectivity index (χ0) is 18.1. The van der Waals surface area contributed by atoms with Crippen molar-refractivity contribution in [2.75, 3.05) is 32.0 Å². The maximum Gasteiger partial charge on any atom is 0.322 e. The number of carbonyl (C=O) groups is 1. The molecule has 2 aromatic rings. The lowest BCUT2D eigenvalue weighted by atomic mass is 9.91. The maximum absolute atomic E-state index is 13.0. The predicted octanol–water partition coefficient (Wildman–Crippen LogP) is 4.73. The second kappa shape index (κ2) is 7.41. The molecule has 1 fully saturated rings. The number of hydrogen-bond acceptors (Lipinski definition) is 2. The second-order valence-corrected chi connectivity index (χ2v) is 8.29. The van der Waals surface area contributed by atoms with Gasteiger partial charge in [0.15, 0.2) is 0 Å². The fourth-order valence-corrected chi connectivity index (χ4v) is 4.43. The summed E-state index contributed by atoms with van der Waals surface area (Å²) in [7, 11) is 2.17. The van der Waals surface area contributed by atoms with Gasteiger partial charge in [0.1, 0.15) is 0 Å². The molecule has 2 heterocycles. The summed E-state index contributed by atoms with van der Waals surface area (Å²) in [4.78, 5) is 17.4. The van der Waals surface area contributed by atoms with Gasteiger partial charge >= 0.3 is 6.03 Å². The van der Waals surface area contributed by atoms with Crippen molar-refractivity contribution in [3.63, 3.8) is 0 Å². The lowest BCUT2D eigenvalue weighted by molar-refractivity contribution is 0.150. The Morgan fingerprint density at radius 1 is 1.12 bits per heavy atom. The van der Waals surface area contributed by atoms with Crippen LogP contribution in [0.15, 0.2) is 53.0 Å². The highest BCUT2D eigenvalue weighted by atomic mass is 79.9. The predicted molar refractivity (Wildman–Crippen MR) is 108 cm³/mol. The molecule has 1 unspecified atom stereocenters. The van der Waals surface area contributed by atoms with Crippen molar-refractivity contribution in [1.82, 2.24) is 9.80 Å². The van der Waals surface area contributed by atoms with E-state index in [1.807, 2.05) is 35.2 Å². The van der Waals surface area contributed by atoms with E-state index in [2.05, 4.69) is 51.4 Å². The van der Waals surface area contributed by atoms with Crippen LogP contribution in [0.3, 0.4) is 0 Å². The summed E-state index contributed by atoms with van der Waals surface area (Å²) < 4.78 is 1.03. The first-order chi connectivity index (χ1) is 12.6. The molecule has 1 atom stereocenters. The Hall–Kier alpha value is -1.85. The number of anilines is 1. The highest BCUT2D eigenvalue weighted by molar-refractivity contribution is 9.10. The molecule has 0 saturated carbocycles. The van der Waals surface area contributed by atoms with Crippen LogP contribution in [0.4, 0.5) is 10.5 Å². The third kappa shape index (κ3) is 3.51. The van der Waals surface area contributed by atoms with Gasteiger partial charge in [-0.2, -0.15) is 0 Å². The van der Waals surface area contributed by atoms with Crippen LogP contribution < -0.4 is 5.32 Å². The van der Waals surface area contributed by atoms with Crippen molar-refractivity contribution in [2.24, 2.45) is 5.92 Å². The number of fused-ring (bicyclic) bond motifs is 1. The lowest BCUT2D eigenvalue weighted by Gasteiger charge is -2.41. The average molecular weight is 414 g/mol. The van der Waals surface area contributed by atoms with E-state index in [9.17, 15) is 4.79 Å². The van der Waals surface area contributed by atoms with Gasteiger partial charge < -0.3 is 15.1 Å². The number of benzene rings is 2. The van der Waals surface area contributed by atoms with E-state index in [-0.39, 0.29) is 12.1 Å². The summed E-state index contributed by atoms with van der Waals surface area (Å²) in [5, 5.41) is 3.09. The van der Waals surface area contributed by atoms with Crippen LogP contribution in [0.25, 0.3) is 0 Å². The standard InChI is InChI=1S/C21H24BrN3O/c1-24-11-9-15(10-12-24)14-25-20(16-5-3-2-4-6-16)18-13-17(22)7-8-19(18)23-21(25)26/h2-8,13,15,20H,9-12,14H2,1H3,(H,23,26). The molecule has 0 aliphatic carbocycles. The Labute approximate surface area is 163 Å². The first kappa shape index (κ1) is 17.6. The quantitative estimate of drug-likeness (QED) is 0.789. The van der Waals surface area contributed by atoms with Gasteiger partial charge in [-0.1, -0.05) is 46.3 Å². The lowest BCUT2D eigenvalue weighted by Crippen LogP contribution is -2.46. The van der Waals surface area contributed by atoms with Crippen LogP contribution >= 0.6 is 15.9 Å². The molecule has 4 rings (SSSR count). The molecule has 2 aliphatic heterocycles. The summed E-state index contributed by atoms with van der Waals surface area (Å²) >= 11 is 3.59. The van der Waals surface area contributed by atoms with Gasteiger partial charge in [0.25, 0.3) is 0 Å². The van der Waals surface area contributed by atoms with Crippen molar-refractivity contribution < 1.29 is 4.79 Å². The summed E-state index contributed by atoms with van der Waals surface area (Å²) in [6.45, 7) is 3.02. The summed E-state index contributed by atoms with van der Waals surface area (Å²) in [5.74, 6) is 0.553. The van der Waals surface area contributed by atoms with Crippen molar-refractivity contribution in [1.29, 1.82) is 0 Å². The van der Waals surface area contributed by atoms with Crippen molar-refractivity contribution in [2.45, 2.75) is 18.9 Å². The molecule has 1 N–H and O–H groups in total. The van der Waals surface area contributed by atoms with Gasteiger partial charge in [-0.3, -0.25) is 0 Å². The molecule has 4 nitrogen and oxygen atoms in total. The number of rotatable bonds is 3. The van der Waals surface area contributed by atoms with Crippen molar-refractivity contribution in [3.8, 4) is 0 Å². The molecule has 26 heavy (non-hydrogen) atoms. The summed E-state index contributed by atoms with van der Waals surface area (Å²) in [5.41, 5.74) is 3.22. The molecule has 2 amide bonds. The smallest absolute Gasteiger partial charge is 0.313 e. The van der Waals surface area contributed by atoms with Crippen LogP contribution in [0.5, 0.6) is 0 Å². The normalized spacial score (nSPS) is 21.4. The fourth-order valence-electron chi connectivity index (χ4n) is 4.05. The molecule has 0 radical (unpaired) electrons. The van der Waals surface area contributed by atoms with Crippen LogP contribution in [0.2, 0.25) is 0 Å². The van der Waals surface area contributed by atoms with Gasteiger partial charge in [0.05, 0.1) is 6.04 Å². The third-order valence-electron chi connectivity index (χ3n) is 5.53. The molecule has 0 bridgehead atoms. The Morgan fingerprint density at radius 2 is 1.85 bits per heavy atom. The third-order valence-corrected chi connectivity index (χ3v) is 6.02. The first-order valence-corrected chi connectivity index (χ1v) is 10.0. The zero-order valence-electron chi connectivity index (χ0n) is 15.0. The maximum atomic E-state index is 13.0. The van der Waals surface area contributed by atoms with Crippen LogP contribution in [0.1, 0.15) is 30.0 Å². The molecular weight excluding hydrogens is 390 g/mol. The Bertz CT molecular complexity index is 787. The van der Waals surface area contributed by atoms with Gasteiger partial charge in [-0.25, -0.2) is 4.79 Å². The second-order valence-electron chi connectivity index (χ2n) is 7.37. The monoisotopic (exact) mass is 413 g/mol. The molecule has 1 saturated heterocycles. The summed E-state index contributed by atoms with van der Waals surface area (Å²) in [6, 6.07) is 16.4. The van der Waals surface area contributed by atoms with Crippen LogP contribution in [-0.4, -0.2) is 42.5 Å². The highest BCUT2D eigenvalue weighted by Crippen LogP contribution is 2.39. The first-order valence-electron chi connectivity index (χ1n) is 9.22. The van der Waals surface area contributed by atoms with E-state index < -0.39 is 0 Å². The minimum Gasteiger partial charge on any atom is -0.313 e. The van der Waals surface area contributed by atoms with E-state index in [0.29, 0.717) is 5.92 Å². The minimum absolute atomic E-state index is 0.00704. The number of urea groups is 1. The number of nitrogens with one attached hydrogen (secondary N) is 1. The number of hydrogen-bond donors (Lipinski definition) is 1. The SMILES string of the molecule is CN1CCC(CN2C(=O)Nc3ccc(Br)cc3C2c2ccccc2)CC1. The van der Waals surface area contributed by atoms with E-state index in [1.54, 1.807) is 0 Å². The molecule has 5 heteroatoms. The zero-order valence-corrected chi connectivity index (χ0v) is 16.6. The van der Waals surface area contributed by atoms with Gasteiger partial charge in [-0.15, -0.1) is 0 Å². The van der Waals surface area contributed by atoms with Gasteiger partial charge in [0, 0.05) is 22.3 Å². The topological polar surface area (TPSA) is 35.6 Å². The van der Waals surface area contributed by atoms with E-state index in [0.717, 1.165) is 53.8 Å². The van der Waals surface area contributed by atoms with Gasteiger partial charge in [-0.05, 0) is 62.7 Å². The number of piperidine rings is 1. The molecule has 2 aromatic carbocycles. The molecule has 0 spiro atoms. The number of likely N-dealkylation sites (tertiary alicyclic amines) is 1. The Balaban J connectivity index is 1.70. The van der Waals surface area contributed by atoms with Gasteiger partial charge in [0.2, 0.25) is 0 Å². The number of carbonyl (C=O) groups excluding carboxylic acids is 1. The minimum atomic E-state index is -0.0443. The van der Waals surface area contributed by atoms with Crippen LogP contribution in [0, 0.1) is 5.92 Å². The Morgan fingerprint density at radius 3 is 2.58 bits per heavy atom. The van der Waals surface area contributed by atoms with Crippen LogP contribution in [-0.2, 0) is 0 Å². The van der Waals surface area contributed by atoms with E-state index in [1.165, 1.54) is 0 Å². The fraction of sp³-hybridized carbons (Fsp3) is 0.381. The number of amides is 2. The number of halogens is 1. The molecule has 0 aromatic heterocycles. The van der Waals surface area contributed by atoms with E-state index in [4.69, 9.17) is 0 Å². The molecular formula is C21H24BrN3O. The molecule has 136 valence electrons. The van der Waals surface area contributed by atoms with E-state index >= 15 is 0 Å². The van der Waals surface area contributed by atoms with Crippen molar-refractivity contribution >= 4 is 27.6 Å². The highest BCUT2D eigenvalue weighted by Gasteiger charge is 2.35. The summed E-state index contributed by atoms with van der Waals surface area (Å²) in [6.07, 6.45) is 2.29. The Kier molecular flexibility index (Phi) is 5.00. The largest absolute Gasteiger partial charge is 0.322 e.